The fourth-order valence-corrected chi connectivity index (χ4v) is 3.49. The second-order valence-electron chi connectivity index (χ2n) is 7.84. The molecule has 4 rings (SSSR count). The lowest BCUT2D eigenvalue weighted by atomic mass is 10.2. The van der Waals surface area contributed by atoms with Crippen molar-refractivity contribution in [2.45, 2.75) is 6.61 Å². The molecule has 1 aliphatic rings. The fourth-order valence-electron chi connectivity index (χ4n) is 3.49. The van der Waals surface area contributed by atoms with Gasteiger partial charge in [0.25, 0.3) is 0 Å². The van der Waals surface area contributed by atoms with E-state index in [2.05, 4.69) is 39.3 Å². The smallest absolute Gasteiger partial charge is 0.248 e. The van der Waals surface area contributed by atoms with Gasteiger partial charge in [0.05, 0.1) is 5.69 Å². The van der Waals surface area contributed by atoms with Crippen LogP contribution in [0.15, 0.2) is 79.0 Å². The van der Waals surface area contributed by atoms with Gasteiger partial charge in [0.15, 0.2) is 0 Å². The van der Waals surface area contributed by atoms with Gasteiger partial charge in [-0.1, -0.05) is 18.2 Å². The third-order valence-electron chi connectivity index (χ3n) is 5.42. The lowest BCUT2D eigenvalue weighted by molar-refractivity contribution is -0.111. The largest absolute Gasteiger partial charge is 0.487 e. The molecule has 1 saturated heterocycles. The van der Waals surface area contributed by atoms with Crippen molar-refractivity contribution in [3.63, 3.8) is 0 Å². The number of anilines is 2. The Bertz CT molecular complexity index is 1030. The molecule has 2 heterocycles. The van der Waals surface area contributed by atoms with Crippen LogP contribution in [0.25, 0.3) is 6.08 Å². The summed E-state index contributed by atoms with van der Waals surface area (Å²) in [4.78, 5) is 21.2. The Hall–Kier alpha value is -3.64. The molecule has 0 saturated carbocycles. The molecular formula is C26H28N4O2. The number of rotatable bonds is 7. The number of amides is 1. The molecular weight excluding hydrogens is 400 g/mol. The molecule has 0 bridgehead atoms. The summed E-state index contributed by atoms with van der Waals surface area (Å²) in [5.74, 6) is 0.602. The highest BCUT2D eigenvalue weighted by atomic mass is 16.5. The molecule has 0 spiro atoms. The van der Waals surface area contributed by atoms with Gasteiger partial charge in [-0.05, 0) is 67.2 Å². The molecule has 32 heavy (non-hydrogen) atoms. The van der Waals surface area contributed by atoms with Gasteiger partial charge in [-0.3, -0.25) is 9.78 Å². The molecule has 0 aliphatic carbocycles. The first-order valence-electron chi connectivity index (χ1n) is 10.8. The van der Waals surface area contributed by atoms with Crippen LogP contribution in [-0.4, -0.2) is 49.0 Å². The second kappa shape index (κ2) is 10.6. The average Bonchev–Trinajstić information content (AvgIpc) is 2.84. The Morgan fingerprint density at radius 3 is 2.44 bits per heavy atom. The van der Waals surface area contributed by atoms with Crippen LogP contribution in [0.1, 0.15) is 11.3 Å². The highest BCUT2D eigenvalue weighted by Crippen LogP contribution is 2.19. The van der Waals surface area contributed by atoms with Crippen molar-refractivity contribution in [1.82, 2.24) is 9.88 Å². The van der Waals surface area contributed by atoms with Crippen molar-refractivity contribution in [2.24, 2.45) is 0 Å². The zero-order valence-electron chi connectivity index (χ0n) is 18.3. The quantitative estimate of drug-likeness (QED) is 0.575. The van der Waals surface area contributed by atoms with Gasteiger partial charge >= 0.3 is 0 Å². The summed E-state index contributed by atoms with van der Waals surface area (Å²) in [5, 5.41) is 2.92. The van der Waals surface area contributed by atoms with E-state index in [1.165, 1.54) is 11.8 Å². The van der Waals surface area contributed by atoms with Crippen LogP contribution in [0.3, 0.4) is 0 Å². The van der Waals surface area contributed by atoms with Crippen molar-refractivity contribution >= 4 is 23.4 Å². The molecule has 1 amide bonds. The van der Waals surface area contributed by atoms with Crippen molar-refractivity contribution in [2.75, 3.05) is 43.4 Å². The van der Waals surface area contributed by atoms with Crippen LogP contribution in [-0.2, 0) is 11.4 Å². The SMILES string of the molecule is CN1CCN(c2ccc(NC(=O)/C=C/c3ccc(OCc4ccccn4)cc3)cc2)CC1. The molecule has 0 radical (unpaired) electrons. The third-order valence-corrected chi connectivity index (χ3v) is 5.42. The van der Waals surface area contributed by atoms with Gasteiger partial charge in [-0.15, -0.1) is 0 Å². The van der Waals surface area contributed by atoms with Crippen LogP contribution in [0.2, 0.25) is 0 Å². The predicted octanol–water partition coefficient (Wildman–Crippen LogP) is 4.06. The minimum atomic E-state index is -0.159. The standard InChI is InChI=1S/C26H28N4O2/c1-29-16-18-30(19-17-29)24-10-8-22(9-11-24)28-26(31)14-7-21-5-12-25(13-6-21)32-20-23-4-2-3-15-27-23/h2-15H,16-20H2,1H3,(H,28,31)/b14-7+. The number of carbonyl (C=O) groups excluding carboxylic acids is 1. The number of ether oxygens (including phenoxy) is 1. The second-order valence-corrected chi connectivity index (χ2v) is 7.84. The number of hydrogen-bond donors (Lipinski definition) is 1. The molecule has 2 aromatic carbocycles. The number of nitrogens with zero attached hydrogens (tertiary/aromatic N) is 3. The molecule has 164 valence electrons. The lowest BCUT2D eigenvalue weighted by Crippen LogP contribution is -2.44. The van der Waals surface area contributed by atoms with Crippen LogP contribution in [0, 0.1) is 0 Å². The Balaban J connectivity index is 1.26. The normalized spacial score (nSPS) is 14.5. The summed E-state index contributed by atoms with van der Waals surface area (Å²) >= 11 is 0. The molecule has 3 aromatic rings. The van der Waals surface area contributed by atoms with E-state index >= 15 is 0 Å². The van der Waals surface area contributed by atoms with Crippen molar-refractivity contribution in [3.05, 3.63) is 90.3 Å². The van der Waals surface area contributed by atoms with E-state index in [1.807, 2.05) is 54.6 Å². The third kappa shape index (κ3) is 6.18. The molecule has 1 fully saturated rings. The zero-order valence-corrected chi connectivity index (χ0v) is 18.3. The molecule has 6 heteroatoms. The number of likely N-dealkylation sites (N-methyl/N-ethyl adjacent to an activating group) is 1. The van der Waals surface area contributed by atoms with E-state index in [9.17, 15) is 4.79 Å². The predicted molar refractivity (Wildman–Crippen MR) is 129 cm³/mol. The topological polar surface area (TPSA) is 57.7 Å². The van der Waals surface area contributed by atoms with Crippen molar-refractivity contribution < 1.29 is 9.53 Å². The number of nitrogens with one attached hydrogen (secondary N) is 1. The van der Waals surface area contributed by atoms with Crippen LogP contribution >= 0.6 is 0 Å². The summed E-state index contributed by atoms with van der Waals surface area (Å²) in [6.07, 6.45) is 5.08. The highest BCUT2D eigenvalue weighted by molar-refractivity contribution is 6.02. The first kappa shape index (κ1) is 21.6. The van der Waals surface area contributed by atoms with E-state index in [1.54, 1.807) is 12.3 Å². The van der Waals surface area contributed by atoms with E-state index in [4.69, 9.17) is 4.74 Å². The lowest BCUT2D eigenvalue weighted by Gasteiger charge is -2.34. The Kier molecular flexibility index (Phi) is 7.15. The first-order chi connectivity index (χ1) is 15.7. The highest BCUT2D eigenvalue weighted by Gasteiger charge is 2.14. The Labute approximate surface area is 189 Å². The van der Waals surface area contributed by atoms with Gasteiger partial charge in [-0.25, -0.2) is 0 Å². The number of carbonyl (C=O) groups is 1. The minimum absolute atomic E-state index is 0.159. The summed E-state index contributed by atoms with van der Waals surface area (Å²) in [7, 11) is 2.15. The van der Waals surface area contributed by atoms with E-state index in [-0.39, 0.29) is 5.91 Å². The Morgan fingerprint density at radius 2 is 1.75 bits per heavy atom. The first-order valence-corrected chi connectivity index (χ1v) is 10.8. The molecule has 0 atom stereocenters. The van der Waals surface area contributed by atoms with Crippen LogP contribution < -0.4 is 15.0 Å². The monoisotopic (exact) mass is 428 g/mol. The van der Waals surface area contributed by atoms with Crippen LogP contribution in [0.4, 0.5) is 11.4 Å². The summed E-state index contributed by atoms with van der Waals surface area (Å²) in [5.41, 5.74) is 3.79. The molecule has 6 nitrogen and oxygen atoms in total. The average molecular weight is 429 g/mol. The number of hydrogen-bond acceptors (Lipinski definition) is 5. The van der Waals surface area contributed by atoms with Crippen LogP contribution in [0.5, 0.6) is 5.75 Å². The zero-order chi connectivity index (χ0) is 22.2. The number of benzene rings is 2. The van der Waals surface area contributed by atoms with E-state index in [0.29, 0.717) is 6.61 Å². The van der Waals surface area contributed by atoms with E-state index < -0.39 is 0 Å². The van der Waals surface area contributed by atoms with Crippen molar-refractivity contribution in [1.29, 1.82) is 0 Å². The summed E-state index contributed by atoms with van der Waals surface area (Å²) < 4.78 is 5.74. The molecule has 1 aromatic heterocycles. The van der Waals surface area contributed by atoms with Gasteiger partial charge < -0.3 is 19.9 Å². The van der Waals surface area contributed by atoms with Gasteiger partial charge in [0.2, 0.25) is 5.91 Å². The van der Waals surface area contributed by atoms with E-state index in [0.717, 1.165) is 48.9 Å². The molecule has 1 N–H and O–H groups in total. The number of pyridine rings is 1. The van der Waals surface area contributed by atoms with Crippen molar-refractivity contribution in [3.8, 4) is 5.75 Å². The number of aromatic nitrogens is 1. The molecule has 1 aliphatic heterocycles. The van der Waals surface area contributed by atoms with Gasteiger partial charge in [-0.2, -0.15) is 0 Å². The maximum Gasteiger partial charge on any atom is 0.248 e. The minimum Gasteiger partial charge on any atom is -0.487 e. The summed E-state index contributed by atoms with van der Waals surface area (Å²) in [6, 6.07) is 21.4. The maximum absolute atomic E-state index is 12.3. The number of piperazine rings is 1. The van der Waals surface area contributed by atoms with Gasteiger partial charge in [0.1, 0.15) is 12.4 Å². The Morgan fingerprint density at radius 1 is 1.00 bits per heavy atom. The molecule has 0 unspecified atom stereocenters. The summed E-state index contributed by atoms with van der Waals surface area (Å²) in [6.45, 7) is 4.61. The maximum atomic E-state index is 12.3. The fraction of sp³-hybridized carbons (Fsp3) is 0.231. The van der Waals surface area contributed by atoms with Gasteiger partial charge in [0, 0.05) is 49.8 Å².